The summed E-state index contributed by atoms with van der Waals surface area (Å²) in [5, 5.41) is 7.84. The van der Waals surface area contributed by atoms with Gasteiger partial charge in [0.25, 0.3) is 0 Å². The standard InChI is InChI=1S/C16H23N3O2/c1-14-15(12-17-8-10-20-2)13-19(18-14)9-11-21-16-6-4-3-5-7-16/h3-7,13,17H,8-12H2,1-2H3. The Morgan fingerprint density at radius 2 is 2.00 bits per heavy atom. The summed E-state index contributed by atoms with van der Waals surface area (Å²) in [5.41, 5.74) is 2.27. The van der Waals surface area contributed by atoms with Gasteiger partial charge in [-0.25, -0.2) is 0 Å². The third kappa shape index (κ3) is 5.21. The van der Waals surface area contributed by atoms with Gasteiger partial charge < -0.3 is 14.8 Å². The Balaban J connectivity index is 1.76. The van der Waals surface area contributed by atoms with E-state index in [0.717, 1.165) is 37.7 Å². The third-order valence-corrected chi connectivity index (χ3v) is 3.18. The summed E-state index contributed by atoms with van der Waals surface area (Å²) >= 11 is 0. The van der Waals surface area contributed by atoms with Crippen molar-refractivity contribution in [3.8, 4) is 5.75 Å². The number of rotatable bonds is 9. The molecule has 5 nitrogen and oxygen atoms in total. The minimum atomic E-state index is 0.613. The van der Waals surface area contributed by atoms with Crippen molar-refractivity contribution in [1.29, 1.82) is 0 Å². The number of aryl methyl sites for hydroxylation is 1. The molecule has 1 aromatic carbocycles. The molecule has 21 heavy (non-hydrogen) atoms. The molecule has 1 aromatic heterocycles. The molecule has 0 fully saturated rings. The highest BCUT2D eigenvalue weighted by Gasteiger charge is 2.04. The van der Waals surface area contributed by atoms with Crippen molar-refractivity contribution in [3.05, 3.63) is 47.8 Å². The lowest BCUT2D eigenvalue weighted by Gasteiger charge is -2.05. The lowest BCUT2D eigenvalue weighted by Crippen LogP contribution is -2.18. The summed E-state index contributed by atoms with van der Waals surface area (Å²) in [7, 11) is 1.71. The van der Waals surface area contributed by atoms with Gasteiger partial charge in [0.15, 0.2) is 0 Å². The maximum atomic E-state index is 5.68. The zero-order valence-electron chi connectivity index (χ0n) is 12.7. The Morgan fingerprint density at radius 3 is 2.76 bits per heavy atom. The predicted molar refractivity (Wildman–Crippen MR) is 82.5 cm³/mol. The van der Waals surface area contributed by atoms with Crippen LogP contribution in [0.3, 0.4) is 0 Å². The molecule has 1 heterocycles. The van der Waals surface area contributed by atoms with E-state index in [0.29, 0.717) is 6.61 Å². The zero-order chi connectivity index (χ0) is 14.9. The molecule has 1 N–H and O–H groups in total. The van der Waals surface area contributed by atoms with Gasteiger partial charge in [-0.2, -0.15) is 5.10 Å². The summed E-state index contributed by atoms with van der Waals surface area (Å²) < 4.78 is 12.6. The average Bonchev–Trinajstić information content (AvgIpc) is 2.85. The van der Waals surface area contributed by atoms with Crippen LogP contribution in [-0.4, -0.2) is 36.6 Å². The maximum absolute atomic E-state index is 5.68. The molecule has 114 valence electrons. The second-order valence-corrected chi connectivity index (χ2v) is 4.83. The van der Waals surface area contributed by atoms with Crippen molar-refractivity contribution in [2.45, 2.75) is 20.0 Å². The zero-order valence-corrected chi connectivity index (χ0v) is 12.7. The third-order valence-electron chi connectivity index (χ3n) is 3.18. The highest BCUT2D eigenvalue weighted by molar-refractivity contribution is 5.20. The number of nitrogens with one attached hydrogen (secondary N) is 1. The van der Waals surface area contributed by atoms with E-state index in [-0.39, 0.29) is 0 Å². The molecule has 0 saturated heterocycles. The van der Waals surface area contributed by atoms with Crippen LogP contribution in [0.2, 0.25) is 0 Å². The van der Waals surface area contributed by atoms with Gasteiger partial charge in [0.2, 0.25) is 0 Å². The van der Waals surface area contributed by atoms with Gasteiger partial charge in [0.05, 0.1) is 18.8 Å². The molecule has 0 unspecified atom stereocenters. The number of nitrogens with zero attached hydrogens (tertiary/aromatic N) is 2. The number of hydrogen-bond donors (Lipinski definition) is 1. The first-order valence-electron chi connectivity index (χ1n) is 7.20. The molecule has 0 spiro atoms. The number of ether oxygens (including phenoxy) is 2. The van der Waals surface area contributed by atoms with Gasteiger partial charge in [-0.1, -0.05) is 18.2 Å². The SMILES string of the molecule is COCCNCc1cn(CCOc2ccccc2)nc1C. The molecule has 5 heteroatoms. The molecule has 0 radical (unpaired) electrons. The fraction of sp³-hybridized carbons (Fsp3) is 0.438. The number of para-hydroxylation sites is 1. The first-order valence-corrected chi connectivity index (χ1v) is 7.20. The first-order chi connectivity index (χ1) is 10.3. The van der Waals surface area contributed by atoms with Gasteiger partial charge >= 0.3 is 0 Å². The normalized spacial score (nSPS) is 10.8. The van der Waals surface area contributed by atoms with E-state index < -0.39 is 0 Å². The van der Waals surface area contributed by atoms with Gasteiger partial charge in [-0.15, -0.1) is 0 Å². The van der Waals surface area contributed by atoms with Crippen LogP contribution in [0, 0.1) is 6.92 Å². The Kier molecular flexibility index (Phi) is 6.24. The largest absolute Gasteiger partial charge is 0.492 e. The molecule has 0 aliphatic heterocycles. The van der Waals surface area contributed by atoms with Crippen LogP contribution in [0.4, 0.5) is 0 Å². The van der Waals surface area contributed by atoms with Crippen LogP contribution in [-0.2, 0) is 17.8 Å². The molecule has 0 aliphatic carbocycles. The van der Waals surface area contributed by atoms with Gasteiger partial charge in [-0.3, -0.25) is 4.68 Å². The Morgan fingerprint density at radius 1 is 1.19 bits per heavy atom. The second-order valence-electron chi connectivity index (χ2n) is 4.83. The van der Waals surface area contributed by atoms with E-state index >= 15 is 0 Å². The number of benzene rings is 1. The monoisotopic (exact) mass is 289 g/mol. The van der Waals surface area contributed by atoms with Crippen molar-refractivity contribution in [2.75, 3.05) is 26.9 Å². The molecule has 0 atom stereocenters. The van der Waals surface area contributed by atoms with Gasteiger partial charge in [0.1, 0.15) is 12.4 Å². The predicted octanol–water partition coefficient (Wildman–Crippen LogP) is 2.01. The molecular formula is C16H23N3O2. The molecule has 0 bridgehead atoms. The van der Waals surface area contributed by atoms with Gasteiger partial charge in [-0.05, 0) is 19.1 Å². The van der Waals surface area contributed by atoms with Crippen LogP contribution in [0.1, 0.15) is 11.3 Å². The van der Waals surface area contributed by atoms with E-state index in [9.17, 15) is 0 Å². The van der Waals surface area contributed by atoms with Crippen molar-refractivity contribution in [3.63, 3.8) is 0 Å². The van der Waals surface area contributed by atoms with Crippen LogP contribution in [0.25, 0.3) is 0 Å². The Labute approximate surface area is 125 Å². The summed E-state index contributed by atoms with van der Waals surface area (Å²) in [6.45, 7) is 5.77. The van der Waals surface area contributed by atoms with Crippen LogP contribution in [0.5, 0.6) is 5.75 Å². The fourth-order valence-corrected chi connectivity index (χ4v) is 2.02. The van der Waals surface area contributed by atoms with E-state index in [4.69, 9.17) is 9.47 Å². The quantitative estimate of drug-likeness (QED) is 0.717. The summed E-state index contributed by atoms with van der Waals surface area (Å²) in [6.07, 6.45) is 2.07. The molecular weight excluding hydrogens is 266 g/mol. The van der Waals surface area contributed by atoms with Crippen LogP contribution in [0.15, 0.2) is 36.5 Å². The summed E-state index contributed by atoms with van der Waals surface area (Å²) in [6, 6.07) is 9.83. The highest BCUT2D eigenvalue weighted by atomic mass is 16.5. The number of aromatic nitrogens is 2. The minimum absolute atomic E-state index is 0.613. The van der Waals surface area contributed by atoms with Crippen LogP contribution >= 0.6 is 0 Å². The number of hydrogen-bond acceptors (Lipinski definition) is 4. The van der Waals surface area contributed by atoms with Gasteiger partial charge in [0, 0.05) is 32.0 Å². The molecule has 0 saturated carbocycles. The number of methoxy groups -OCH3 is 1. The van der Waals surface area contributed by atoms with Crippen molar-refractivity contribution >= 4 is 0 Å². The van der Waals surface area contributed by atoms with Crippen molar-refractivity contribution in [1.82, 2.24) is 15.1 Å². The van der Waals surface area contributed by atoms with Crippen molar-refractivity contribution in [2.24, 2.45) is 0 Å². The fourth-order valence-electron chi connectivity index (χ4n) is 2.02. The highest BCUT2D eigenvalue weighted by Crippen LogP contribution is 2.09. The van der Waals surface area contributed by atoms with Crippen LogP contribution < -0.4 is 10.1 Å². The van der Waals surface area contributed by atoms with E-state index in [1.54, 1.807) is 7.11 Å². The molecule has 2 aromatic rings. The molecule has 0 amide bonds. The summed E-state index contributed by atoms with van der Waals surface area (Å²) in [4.78, 5) is 0. The molecule has 0 aliphatic rings. The van der Waals surface area contributed by atoms with E-state index in [1.807, 2.05) is 41.9 Å². The minimum Gasteiger partial charge on any atom is -0.492 e. The lowest BCUT2D eigenvalue weighted by atomic mass is 10.2. The molecule has 2 rings (SSSR count). The lowest BCUT2D eigenvalue weighted by molar-refractivity contribution is 0.199. The Bertz CT molecular complexity index is 526. The van der Waals surface area contributed by atoms with E-state index in [1.165, 1.54) is 5.56 Å². The maximum Gasteiger partial charge on any atom is 0.119 e. The Hall–Kier alpha value is -1.85. The summed E-state index contributed by atoms with van der Waals surface area (Å²) in [5.74, 6) is 0.892. The topological polar surface area (TPSA) is 48.3 Å². The smallest absolute Gasteiger partial charge is 0.119 e. The second kappa shape index (κ2) is 8.44. The van der Waals surface area contributed by atoms with Crippen molar-refractivity contribution < 1.29 is 9.47 Å². The van der Waals surface area contributed by atoms with E-state index in [2.05, 4.69) is 16.6 Å². The first kappa shape index (κ1) is 15.5. The average molecular weight is 289 g/mol.